The van der Waals surface area contributed by atoms with Crippen molar-refractivity contribution >= 4 is 29.1 Å². The predicted octanol–water partition coefficient (Wildman–Crippen LogP) is 4.34. The molecule has 1 atom stereocenters. The lowest BCUT2D eigenvalue weighted by Gasteiger charge is -2.36. The van der Waals surface area contributed by atoms with Crippen molar-refractivity contribution in [3.8, 4) is 0 Å². The number of halogens is 4. The van der Waals surface area contributed by atoms with Crippen LogP contribution in [0, 0.1) is 6.92 Å². The molecule has 9 heteroatoms. The van der Waals surface area contributed by atoms with Gasteiger partial charge in [-0.1, -0.05) is 29.3 Å². The van der Waals surface area contributed by atoms with Crippen LogP contribution in [0.25, 0.3) is 0 Å². The molecule has 0 aliphatic carbocycles. The van der Waals surface area contributed by atoms with E-state index in [1.54, 1.807) is 24.8 Å². The molecule has 1 amide bonds. The molecule has 28 heavy (non-hydrogen) atoms. The van der Waals surface area contributed by atoms with Crippen LogP contribution < -0.4 is 0 Å². The van der Waals surface area contributed by atoms with Crippen LogP contribution in [-0.4, -0.2) is 51.7 Å². The van der Waals surface area contributed by atoms with Gasteiger partial charge < -0.3 is 4.90 Å². The summed E-state index contributed by atoms with van der Waals surface area (Å²) >= 11 is 12.0. The zero-order valence-electron chi connectivity index (χ0n) is 15.7. The van der Waals surface area contributed by atoms with Gasteiger partial charge in [-0.15, -0.1) is 0 Å². The van der Waals surface area contributed by atoms with Gasteiger partial charge in [-0.05, 0) is 37.6 Å². The van der Waals surface area contributed by atoms with Crippen molar-refractivity contribution in [3.63, 3.8) is 0 Å². The van der Waals surface area contributed by atoms with Crippen molar-refractivity contribution in [1.82, 2.24) is 19.6 Å². The van der Waals surface area contributed by atoms with E-state index < -0.39 is 12.5 Å². The van der Waals surface area contributed by atoms with Crippen molar-refractivity contribution in [2.75, 3.05) is 26.2 Å². The summed E-state index contributed by atoms with van der Waals surface area (Å²) in [6, 6.07) is 6.28. The quantitative estimate of drug-likeness (QED) is 0.708. The van der Waals surface area contributed by atoms with E-state index in [1.165, 1.54) is 10.7 Å². The van der Waals surface area contributed by atoms with Gasteiger partial charge in [0.1, 0.15) is 11.7 Å². The summed E-state index contributed by atoms with van der Waals surface area (Å²) in [6.07, 6.45) is -2.65. The summed E-state index contributed by atoms with van der Waals surface area (Å²) in [7, 11) is 0. The van der Waals surface area contributed by atoms with Crippen LogP contribution in [0.15, 0.2) is 24.3 Å². The van der Waals surface area contributed by atoms with Crippen molar-refractivity contribution < 1.29 is 13.6 Å². The highest BCUT2D eigenvalue weighted by molar-refractivity contribution is 6.42. The number of hydrogen-bond acceptors (Lipinski definition) is 3. The molecule has 1 aliphatic rings. The molecule has 5 nitrogen and oxygen atoms in total. The highest BCUT2D eigenvalue weighted by Gasteiger charge is 2.28. The number of aromatic nitrogens is 2. The number of nitrogens with zero attached hydrogens (tertiary/aromatic N) is 4. The number of amides is 1. The number of carbonyl (C=O) groups excluding carboxylic acids is 1. The van der Waals surface area contributed by atoms with Crippen LogP contribution in [0.3, 0.4) is 0 Å². The van der Waals surface area contributed by atoms with Crippen LogP contribution in [0.2, 0.25) is 10.0 Å². The number of rotatable bonds is 5. The predicted molar refractivity (Wildman–Crippen MR) is 105 cm³/mol. The highest BCUT2D eigenvalue weighted by Crippen LogP contribution is 2.24. The third-order valence-corrected chi connectivity index (χ3v) is 5.70. The summed E-state index contributed by atoms with van der Waals surface area (Å²) in [5.74, 6) is -0.110. The number of alkyl halides is 2. The molecule has 1 aromatic carbocycles. The maximum Gasteiger partial charge on any atom is 0.282 e. The summed E-state index contributed by atoms with van der Waals surface area (Å²) in [6.45, 7) is 6.69. The van der Waals surface area contributed by atoms with Crippen molar-refractivity contribution in [2.24, 2.45) is 0 Å². The lowest BCUT2D eigenvalue weighted by Crippen LogP contribution is -2.50. The molecule has 1 unspecified atom stereocenters. The number of benzene rings is 1. The molecule has 2 heterocycles. The van der Waals surface area contributed by atoms with Crippen LogP contribution in [0.1, 0.15) is 36.3 Å². The fraction of sp³-hybridized carbons (Fsp3) is 0.474. The Morgan fingerprint density at radius 3 is 2.39 bits per heavy atom. The smallest absolute Gasteiger partial charge is 0.282 e. The third kappa shape index (κ3) is 4.64. The van der Waals surface area contributed by atoms with Crippen molar-refractivity contribution in [1.29, 1.82) is 0 Å². The summed E-state index contributed by atoms with van der Waals surface area (Å²) in [5.41, 5.74) is 1.31. The molecule has 0 saturated carbocycles. The van der Waals surface area contributed by atoms with Crippen LogP contribution in [0.5, 0.6) is 0 Å². The molecule has 2 aromatic rings. The zero-order valence-corrected chi connectivity index (χ0v) is 17.2. The maximum atomic E-state index is 12.9. The second-order valence-electron chi connectivity index (χ2n) is 6.98. The second-order valence-corrected chi connectivity index (χ2v) is 7.80. The molecule has 0 spiro atoms. The third-order valence-electron chi connectivity index (χ3n) is 4.96. The van der Waals surface area contributed by atoms with E-state index in [-0.39, 0.29) is 11.6 Å². The minimum absolute atomic E-state index is 0.110. The van der Waals surface area contributed by atoms with E-state index >= 15 is 0 Å². The van der Waals surface area contributed by atoms with E-state index in [0.717, 1.165) is 25.2 Å². The van der Waals surface area contributed by atoms with Crippen LogP contribution in [-0.2, 0) is 11.3 Å². The number of hydrogen-bond donors (Lipinski definition) is 0. The minimum Gasteiger partial charge on any atom is -0.338 e. The van der Waals surface area contributed by atoms with Gasteiger partial charge >= 0.3 is 0 Å². The van der Waals surface area contributed by atoms with Crippen LogP contribution >= 0.6 is 23.2 Å². The van der Waals surface area contributed by atoms with Gasteiger partial charge in [-0.2, -0.15) is 5.10 Å². The Labute approximate surface area is 172 Å². The van der Waals surface area contributed by atoms with E-state index in [9.17, 15) is 13.6 Å². The largest absolute Gasteiger partial charge is 0.338 e. The standard InChI is InChI=1S/C19H22Cl2F2N4O/c1-12-9-17(18(22)23)24-27(12)13(2)19(28)26-7-5-25(6-8-26)11-14-3-4-15(20)16(21)10-14/h3-4,9-10,13,18H,5-8,11H2,1-2H3. The normalized spacial score (nSPS) is 16.6. The molecule has 1 aliphatic heterocycles. The average molecular weight is 431 g/mol. The van der Waals surface area contributed by atoms with E-state index in [2.05, 4.69) is 10.00 Å². The molecule has 3 rings (SSSR count). The molecule has 0 N–H and O–H groups in total. The van der Waals surface area contributed by atoms with E-state index in [4.69, 9.17) is 23.2 Å². The molecule has 1 fully saturated rings. The van der Waals surface area contributed by atoms with Gasteiger partial charge in [-0.3, -0.25) is 14.4 Å². The van der Waals surface area contributed by atoms with E-state index in [0.29, 0.717) is 28.8 Å². The van der Waals surface area contributed by atoms with Gasteiger partial charge in [0, 0.05) is 38.4 Å². The summed E-state index contributed by atoms with van der Waals surface area (Å²) in [4.78, 5) is 16.8. The van der Waals surface area contributed by atoms with Gasteiger partial charge in [0.05, 0.1) is 10.0 Å². The summed E-state index contributed by atoms with van der Waals surface area (Å²) in [5, 5.41) is 4.95. The Morgan fingerprint density at radius 2 is 1.82 bits per heavy atom. The topological polar surface area (TPSA) is 41.4 Å². The average Bonchev–Trinajstić information content (AvgIpc) is 3.06. The maximum absolute atomic E-state index is 12.9. The zero-order chi connectivity index (χ0) is 20.4. The number of piperazine rings is 1. The Bertz CT molecular complexity index is 850. The van der Waals surface area contributed by atoms with Gasteiger partial charge in [-0.25, -0.2) is 8.78 Å². The fourth-order valence-corrected chi connectivity index (χ4v) is 3.72. The Kier molecular flexibility index (Phi) is 6.58. The molecule has 0 radical (unpaired) electrons. The second kappa shape index (κ2) is 8.76. The first-order valence-corrected chi connectivity index (χ1v) is 9.81. The highest BCUT2D eigenvalue weighted by atomic mass is 35.5. The molecule has 152 valence electrons. The first kappa shape index (κ1) is 21.0. The Hall–Kier alpha value is -1.70. The molecular weight excluding hydrogens is 409 g/mol. The monoisotopic (exact) mass is 430 g/mol. The number of carbonyl (C=O) groups is 1. The molecular formula is C19H22Cl2F2N4O. The minimum atomic E-state index is -2.65. The van der Waals surface area contributed by atoms with Gasteiger partial charge in [0.15, 0.2) is 0 Å². The Balaban J connectivity index is 1.58. The van der Waals surface area contributed by atoms with Crippen molar-refractivity contribution in [2.45, 2.75) is 32.9 Å². The lowest BCUT2D eigenvalue weighted by molar-refractivity contribution is -0.136. The molecule has 1 saturated heterocycles. The fourth-order valence-electron chi connectivity index (χ4n) is 3.40. The van der Waals surface area contributed by atoms with Crippen molar-refractivity contribution in [3.05, 3.63) is 51.3 Å². The first-order chi connectivity index (χ1) is 13.3. The number of aryl methyl sites for hydroxylation is 1. The molecule has 1 aromatic heterocycles. The molecule has 0 bridgehead atoms. The lowest BCUT2D eigenvalue weighted by atomic mass is 10.2. The Morgan fingerprint density at radius 1 is 1.14 bits per heavy atom. The van der Waals surface area contributed by atoms with E-state index in [1.807, 2.05) is 12.1 Å². The van der Waals surface area contributed by atoms with Gasteiger partial charge in [0.2, 0.25) is 5.91 Å². The van der Waals surface area contributed by atoms with Gasteiger partial charge in [0.25, 0.3) is 6.43 Å². The summed E-state index contributed by atoms with van der Waals surface area (Å²) < 4.78 is 27.1. The first-order valence-electron chi connectivity index (χ1n) is 9.05. The van der Waals surface area contributed by atoms with Crippen LogP contribution in [0.4, 0.5) is 8.78 Å². The SMILES string of the molecule is Cc1cc(C(F)F)nn1C(C)C(=O)N1CCN(Cc2ccc(Cl)c(Cl)c2)CC1.